The third-order valence-electron chi connectivity index (χ3n) is 4.89. The average Bonchev–Trinajstić information content (AvgIpc) is 3.26. The first kappa shape index (κ1) is 15.9. The van der Waals surface area contributed by atoms with E-state index in [1.165, 1.54) is 11.3 Å². The van der Waals surface area contributed by atoms with Crippen LogP contribution in [0.15, 0.2) is 43.1 Å². The Morgan fingerprint density at radius 3 is 2.81 bits per heavy atom. The second-order valence-corrected chi connectivity index (χ2v) is 7.63. The van der Waals surface area contributed by atoms with Crippen LogP contribution >= 0.6 is 0 Å². The lowest BCUT2D eigenvalue weighted by Crippen LogP contribution is -2.34. The summed E-state index contributed by atoms with van der Waals surface area (Å²) in [7, 11) is 0. The maximum atomic E-state index is 4.65. The van der Waals surface area contributed by atoms with Crippen molar-refractivity contribution in [3.05, 3.63) is 54.4 Å². The normalized spacial score (nSPS) is 16.3. The van der Waals surface area contributed by atoms with Crippen molar-refractivity contribution < 1.29 is 0 Å². The summed E-state index contributed by atoms with van der Waals surface area (Å²) < 4.78 is 3.68. The fourth-order valence-corrected chi connectivity index (χ4v) is 3.76. The van der Waals surface area contributed by atoms with E-state index in [0.29, 0.717) is 12.2 Å². The predicted octanol–water partition coefficient (Wildman–Crippen LogP) is 1.69. The summed E-state index contributed by atoms with van der Waals surface area (Å²) in [6, 6.07) is 3.96. The molecular weight excluding hydrogens is 342 g/mol. The van der Waals surface area contributed by atoms with Gasteiger partial charge in [0.15, 0.2) is 5.82 Å². The van der Waals surface area contributed by atoms with Crippen molar-refractivity contribution >= 4 is 11.5 Å². The molecule has 0 bridgehead atoms. The molecule has 0 atom stereocenters. The Balaban J connectivity index is 1.61. The van der Waals surface area contributed by atoms with E-state index in [2.05, 4.69) is 49.3 Å². The molecular formula is C18H19N9. The van der Waals surface area contributed by atoms with Crippen LogP contribution in [0.3, 0.4) is 0 Å². The molecule has 5 rings (SSSR count). The highest BCUT2D eigenvalue weighted by atomic mass is 15.5. The molecule has 0 saturated heterocycles. The van der Waals surface area contributed by atoms with Crippen LogP contribution in [-0.2, 0) is 13.0 Å². The van der Waals surface area contributed by atoms with Gasteiger partial charge in [0.25, 0.3) is 0 Å². The van der Waals surface area contributed by atoms with Gasteiger partial charge in [0.1, 0.15) is 0 Å². The van der Waals surface area contributed by atoms with Crippen molar-refractivity contribution in [2.45, 2.75) is 26.8 Å². The van der Waals surface area contributed by atoms with Gasteiger partial charge in [-0.3, -0.25) is 4.98 Å². The minimum atomic E-state index is 0.0258. The van der Waals surface area contributed by atoms with E-state index in [9.17, 15) is 0 Å². The van der Waals surface area contributed by atoms with Crippen LogP contribution < -0.4 is 4.90 Å². The molecule has 0 N–H and O–H groups in total. The largest absolute Gasteiger partial charge is 0.348 e. The number of fused-ring (bicyclic) bond motifs is 2. The minimum Gasteiger partial charge on any atom is -0.348 e. The van der Waals surface area contributed by atoms with Crippen molar-refractivity contribution in [3.8, 4) is 5.69 Å². The summed E-state index contributed by atoms with van der Waals surface area (Å²) in [5.41, 5.74) is 4.13. The molecule has 4 aromatic heterocycles. The highest BCUT2D eigenvalue weighted by Gasteiger charge is 2.32. The van der Waals surface area contributed by atoms with E-state index in [0.717, 1.165) is 24.5 Å². The Bertz CT molecular complexity index is 1100. The van der Waals surface area contributed by atoms with E-state index in [4.69, 9.17) is 0 Å². The molecule has 0 saturated carbocycles. The van der Waals surface area contributed by atoms with E-state index in [1.54, 1.807) is 29.3 Å². The lowest BCUT2D eigenvalue weighted by Gasteiger charge is -2.30. The number of tetrazole rings is 1. The van der Waals surface area contributed by atoms with Crippen LogP contribution in [0, 0.1) is 5.41 Å². The van der Waals surface area contributed by atoms with Crippen LogP contribution in [-0.4, -0.2) is 46.3 Å². The summed E-state index contributed by atoms with van der Waals surface area (Å²) in [5.74, 6) is 0.792. The van der Waals surface area contributed by atoms with Crippen LogP contribution in [0.1, 0.15) is 25.1 Å². The quantitative estimate of drug-likeness (QED) is 0.537. The zero-order valence-electron chi connectivity index (χ0n) is 15.2. The molecule has 5 heterocycles. The molecule has 0 spiro atoms. The van der Waals surface area contributed by atoms with Crippen LogP contribution in [0.25, 0.3) is 11.3 Å². The number of anilines is 1. The van der Waals surface area contributed by atoms with Gasteiger partial charge in [0.05, 0.1) is 18.1 Å². The molecule has 1 aliphatic heterocycles. The number of hydrogen-bond donors (Lipinski definition) is 0. The molecule has 0 radical (unpaired) electrons. The van der Waals surface area contributed by atoms with Crippen LogP contribution in [0.5, 0.6) is 0 Å². The minimum absolute atomic E-state index is 0.0258. The number of pyridine rings is 1. The molecule has 0 amide bonds. The maximum absolute atomic E-state index is 4.65. The number of rotatable bonds is 2. The number of hydrogen-bond acceptors (Lipinski definition) is 7. The maximum Gasteiger partial charge on any atom is 0.221 e. The Hall–Kier alpha value is -3.36. The smallest absolute Gasteiger partial charge is 0.221 e. The van der Waals surface area contributed by atoms with Gasteiger partial charge in [-0.1, -0.05) is 13.8 Å². The van der Waals surface area contributed by atoms with Gasteiger partial charge in [-0.25, -0.2) is 9.67 Å². The van der Waals surface area contributed by atoms with Crippen molar-refractivity contribution in [1.82, 2.24) is 39.8 Å². The van der Waals surface area contributed by atoms with Crippen molar-refractivity contribution in [2.75, 3.05) is 11.4 Å². The van der Waals surface area contributed by atoms with Gasteiger partial charge in [0, 0.05) is 42.9 Å². The molecule has 0 aromatic carbocycles. The number of nitrogens with zero attached hydrogens (tertiary/aromatic N) is 9. The van der Waals surface area contributed by atoms with Gasteiger partial charge in [-0.2, -0.15) is 9.61 Å². The monoisotopic (exact) mass is 361 g/mol. The lowest BCUT2D eigenvalue weighted by molar-refractivity contribution is 0.364. The SMILES string of the molecule is CC1(C)Cc2c(cnn2-c2ccncc2)CN(c2nccn3nnnc23)C1. The van der Waals surface area contributed by atoms with E-state index in [-0.39, 0.29) is 5.41 Å². The Labute approximate surface area is 155 Å². The zero-order valence-corrected chi connectivity index (χ0v) is 15.2. The van der Waals surface area contributed by atoms with Gasteiger partial charge >= 0.3 is 0 Å². The molecule has 1 aliphatic rings. The fraction of sp³-hybridized carbons (Fsp3) is 0.333. The zero-order chi connectivity index (χ0) is 18.4. The van der Waals surface area contributed by atoms with Gasteiger partial charge in [-0.05, 0) is 34.4 Å². The summed E-state index contributed by atoms with van der Waals surface area (Å²) in [6.07, 6.45) is 9.94. The molecule has 0 unspecified atom stereocenters. The topological polar surface area (TPSA) is 89.9 Å². The summed E-state index contributed by atoms with van der Waals surface area (Å²) >= 11 is 0. The standard InChI is InChI=1S/C18H19N9/c1-18(2)9-15-13(10-21-27(15)14-3-5-19-6-4-14)11-25(12-18)16-17-22-23-24-26(17)8-7-20-16/h3-8,10H,9,11-12H2,1-2H3. The highest BCUT2D eigenvalue weighted by molar-refractivity contribution is 5.63. The van der Waals surface area contributed by atoms with E-state index in [1.807, 2.05) is 23.0 Å². The molecule has 0 aliphatic carbocycles. The van der Waals surface area contributed by atoms with E-state index < -0.39 is 0 Å². The van der Waals surface area contributed by atoms with E-state index >= 15 is 0 Å². The van der Waals surface area contributed by atoms with Crippen LogP contribution in [0.2, 0.25) is 0 Å². The van der Waals surface area contributed by atoms with Gasteiger partial charge in [-0.15, -0.1) is 5.10 Å². The highest BCUT2D eigenvalue weighted by Crippen LogP contribution is 2.33. The van der Waals surface area contributed by atoms with Crippen molar-refractivity contribution in [2.24, 2.45) is 5.41 Å². The average molecular weight is 361 g/mol. The molecule has 136 valence electrons. The van der Waals surface area contributed by atoms with Crippen molar-refractivity contribution in [1.29, 1.82) is 0 Å². The summed E-state index contributed by atoms with van der Waals surface area (Å²) in [4.78, 5) is 10.9. The van der Waals surface area contributed by atoms with Gasteiger partial charge in [0.2, 0.25) is 5.65 Å². The lowest BCUT2D eigenvalue weighted by atomic mass is 9.87. The second-order valence-electron chi connectivity index (χ2n) is 7.63. The van der Waals surface area contributed by atoms with Gasteiger partial charge < -0.3 is 4.90 Å². The molecule has 9 nitrogen and oxygen atoms in total. The first-order valence-electron chi connectivity index (χ1n) is 8.85. The third kappa shape index (κ3) is 2.71. The Morgan fingerprint density at radius 2 is 1.96 bits per heavy atom. The molecule has 0 fully saturated rings. The fourth-order valence-electron chi connectivity index (χ4n) is 3.76. The van der Waals surface area contributed by atoms with Crippen molar-refractivity contribution in [3.63, 3.8) is 0 Å². The molecule has 27 heavy (non-hydrogen) atoms. The molecule has 9 heteroatoms. The summed E-state index contributed by atoms with van der Waals surface area (Å²) in [5, 5.41) is 16.6. The number of aromatic nitrogens is 8. The Kier molecular flexibility index (Phi) is 3.43. The van der Waals surface area contributed by atoms with Crippen LogP contribution in [0.4, 0.5) is 5.82 Å². The molecule has 4 aromatic rings. The third-order valence-corrected chi connectivity index (χ3v) is 4.89. The first-order valence-corrected chi connectivity index (χ1v) is 8.85. The Morgan fingerprint density at radius 1 is 1.11 bits per heavy atom. The second kappa shape index (κ2) is 5.83. The first-order chi connectivity index (χ1) is 13.1. The summed E-state index contributed by atoms with van der Waals surface area (Å²) in [6.45, 7) is 6.09. The predicted molar refractivity (Wildman–Crippen MR) is 98.5 cm³/mol.